The SMILES string of the molecule is COC(=O)C(NC(=S)N1CCC2(CCN(C(=O)C=Cc3ccsc3)CC2)C1)C(C)C. The fraction of sp³-hybridized carbons (Fsp3) is 0.591. The predicted octanol–water partition coefficient (Wildman–Crippen LogP) is 3.15. The Bertz CT molecular complexity index is 784. The van der Waals surface area contributed by atoms with Crippen molar-refractivity contribution in [2.24, 2.45) is 11.3 Å². The van der Waals surface area contributed by atoms with E-state index < -0.39 is 6.04 Å². The molecule has 1 aromatic rings. The number of methoxy groups -OCH3 is 1. The largest absolute Gasteiger partial charge is 0.467 e. The van der Waals surface area contributed by atoms with Crippen LogP contribution in [-0.4, -0.2) is 66.1 Å². The van der Waals surface area contributed by atoms with E-state index in [1.807, 2.05) is 41.6 Å². The van der Waals surface area contributed by atoms with Gasteiger partial charge in [0.25, 0.3) is 0 Å². The quantitative estimate of drug-likeness (QED) is 0.423. The summed E-state index contributed by atoms with van der Waals surface area (Å²) in [6.07, 6.45) is 6.59. The zero-order chi connectivity index (χ0) is 21.7. The van der Waals surface area contributed by atoms with Crippen LogP contribution in [0.25, 0.3) is 6.08 Å². The van der Waals surface area contributed by atoms with E-state index in [4.69, 9.17) is 17.0 Å². The van der Waals surface area contributed by atoms with Crippen LogP contribution in [0.3, 0.4) is 0 Å². The molecule has 1 atom stereocenters. The highest BCUT2D eigenvalue weighted by Gasteiger charge is 2.42. The van der Waals surface area contributed by atoms with Crippen molar-refractivity contribution >= 4 is 46.6 Å². The van der Waals surface area contributed by atoms with Gasteiger partial charge in [-0.3, -0.25) is 4.79 Å². The number of rotatable bonds is 5. The molecular weight excluding hydrogens is 418 g/mol. The third-order valence-corrected chi connectivity index (χ3v) is 7.30. The van der Waals surface area contributed by atoms with Crippen molar-refractivity contribution in [3.63, 3.8) is 0 Å². The normalized spacial score (nSPS) is 19.5. The highest BCUT2D eigenvalue weighted by Crippen LogP contribution is 2.40. The number of hydrogen-bond donors (Lipinski definition) is 1. The second-order valence-electron chi connectivity index (χ2n) is 8.58. The van der Waals surface area contributed by atoms with Gasteiger partial charge >= 0.3 is 5.97 Å². The summed E-state index contributed by atoms with van der Waals surface area (Å²) in [6.45, 7) is 7.25. The molecule has 1 amide bonds. The Hall–Kier alpha value is -1.93. The number of esters is 1. The van der Waals surface area contributed by atoms with Gasteiger partial charge in [0.1, 0.15) is 6.04 Å². The Morgan fingerprint density at radius 2 is 1.90 bits per heavy atom. The number of carbonyl (C=O) groups excluding carboxylic acids is 2. The van der Waals surface area contributed by atoms with E-state index in [9.17, 15) is 9.59 Å². The fourth-order valence-corrected chi connectivity index (χ4v) is 5.12. The first-order valence-electron chi connectivity index (χ1n) is 10.5. The third kappa shape index (κ3) is 5.40. The summed E-state index contributed by atoms with van der Waals surface area (Å²) >= 11 is 7.23. The Morgan fingerprint density at radius 1 is 1.23 bits per heavy atom. The van der Waals surface area contributed by atoms with Crippen molar-refractivity contribution in [1.82, 2.24) is 15.1 Å². The molecule has 8 heteroatoms. The number of likely N-dealkylation sites (tertiary alicyclic amines) is 2. The van der Waals surface area contributed by atoms with Crippen LogP contribution in [0.15, 0.2) is 22.9 Å². The van der Waals surface area contributed by atoms with Crippen LogP contribution in [0.2, 0.25) is 0 Å². The minimum Gasteiger partial charge on any atom is -0.467 e. The first-order valence-corrected chi connectivity index (χ1v) is 11.8. The molecule has 164 valence electrons. The molecule has 2 aliphatic rings. The Labute approximate surface area is 188 Å². The van der Waals surface area contributed by atoms with Crippen LogP contribution in [0.5, 0.6) is 0 Å². The zero-order valence-corrected chi connectivity index (χ0v) is 19.6. The van der Waals surface area contributed by atoms with Crippen molar-refractivity contribution in [1.29, 1.82) is 0 Å². The molecule has 0 bridgehead atoms. The van der Waals surface area contributed by atoms with Crippen molar-refractivity contribution < 1.29 is 14.3 Å². The molecule has 1 unspecified atom stereocenters. The van der Waals surface area contributed by atoms with Crippen LogP contribution in [0, 0.1) is 11.3 Å². The molecule has 1 N–H and O–H groups in total. The highest BCUT2D eigenvalue weighted by atomic mass is 32.1. The summed E-state index contributed by atoms with van der Waals surface area (Å²) in [4.78, 5) is 28.6. The summed E-state index contributed by atoms with van der Waals surface area (Å²) in [6, 6.07) is 1.57. The van der Waals surface area contributed by atoms with Gasteiger partial charge in [-0.2, -0.15) is 11.3 Å². The second-order valence-corrected chi connectivity index (χ2v) is 9.75. The number of thiocarbonyl (C=S) groups is 1. The summed E-state index contributed by atoms with van der Waals surface area (Å²) in [5.41, 5.74) is 1.26. The summed E-state index contributed by atoms with van der Waals surface area (Å²) in [5.74, 6) is -0.118. The molecule has 0 aromatic carbocycles. The van der Waals surface area contributed by atoms with Gasteiger partial charge in [-0.15, -0.1) is 0 Å². The lowest BCUT2D eigenvalue weighted by atomic mass is 9.78. The van der Waals surface area contributed by atoms with E-state index in [1.165, 1.54) is 7.11 Å². The summed E-state index contributed by atoms with van der Waals surface area (Å²) in [7, 11) is 1.40. The monoisotopic (exact) mass is 449 g/mol. The number of nitrogens with one attached hydrogen (secondary N) is 1. The van der Waals surface area contributed by atoms with Crippen molar-refractivity contribution in [2.45, 2.75) is 39.2 Å². The summed E-state index contributed by atoms with van der Waals surface area (Å²) < 4.78 is 4.90. The zero-order valence-electron chi connectivity index (χ0n) is 17.9. The van der Waals surface area contributed by atoms with Gasteiger partial charge in [0, 0.05) is 32.3 Å². The average Bonchev–Trinajstić information content (AvgIpc) is 3.40. The molecule has 1 aromatic heterocycles. The van der Waals surface area contributed by atoms with E-state index in [2.05, 4.69) is 10.2 Å². The van der Waals surface area contributed by atoms with Gasteiger partial charge in [-0.05, 0) is 71.3 Å². The molecule has 3 heterocycles. The number of ether oxygens (including phenoxy) is 1. The molecule has 3 rings (SSSR count). The van der Waals surface area contributed by atoms with E-state index in [-0.39, 0.29) is 23.2 Å². The molecule has 0 radical (unpaired) electrons. The average molecular weight is 450 g/mol. The topological polar surface area (TPSA) is 61.9 Å². The van der Waals surface area contributed by atoms with E-state index in [0.717, 1.165) is 51.0 Å². The molecular formula is C22H31N3O3S2. The molecule has 2 saturated heterocycles. The molecule has 0 saturated carbocycles. The lowest BCUT2D eigenvalue weighted by molar-refractivity contribution is -0.143. The standard InChI is InChI=1S/C22H31N3O3S2/c1-16(2)19(20(27)28-3)23-21(29)25-12-9-22(15-25)7-10-24(11-8-22)18(26)5-4-17-6-13-30-14-17/h4-6,13-14,16,19H,7-12,15H2,1-3H3,(H,23,29). The number of thiophene rings is 1. The minimum atomic E-state index is -0.437. The molecule has 2 fully saturated rings. The van der Waals surface area contributed by atoms with Gasteiger partial charge < -0.3 is 19.9 Å². The first-order chi connectivity index (χ1) is 14.3. The molecule has 6 nitrogen and oxygen atoms in total. The van der Waals surface area contributed by atoms with Gasteiger partial charge in [-0.1, -0.05) is 13.8 Å². The third-order valence-electron chi connectivity index (χ3n) is 6.22. The smallest absolute Gasteiger partial charge is 0.328 e. The lowest BCUT2D eigenvalue weighted by Gasteiger charge is -2.39. The number of piperidine rings is 1. The maximum Gasteiger partial charge on any atom is 0.328 e. The van der Waals surface area contributed by atoms with Crippen LogP contribution < -0.4 is 5.32 Å². The second kappa shape index (κ2) is 9.92. The molecule has 0 aliphatic carbocycles. The van der Waals surface area contributed by atoms with Crippen molar-refractivity contribution in [2.75, 3.05) is 33.3 Å². The van der Waals surface area contributed by atoms with Crippen LogP contribution in [-0.2, 0) is 14.3 Å². The number of carbonyl (C=O) groups is 2. The van der Waals surface area contributed by atoms with E-state index >= 15 is 0 Å². The number of nitrogens with zero attached hydrogens (tertiary/aromatic N) is 2. The van der Waals surface area contributed by atoms with Crippen LogP contribution >= 0.6 is 23.6 Å². The van der Waals surface area contributed by atoms with Crippen molar-refractivity contribution in [3.8, 4) is 0 Å². The highest BCUT2D eigenvalue weighted by molar-refractivity contribution is 7.80. The Balaban J connectivity index is 1.51. The fourth-order valence-electron chi connectivity index (χ4n) is 4.21. The molecule has 1 spiro atoms. The Kier molecular flexibility index (Phi) is 7.52. The van der Waals surface area contributed by atoms with Gasteiger partial charge in [-0.25, -0.2) is 4.79 Å². The first kappa shape index (κ1) is 22.7. The summed E-state index contributed by atoms with van der Waals surface area (Å²) in [5, 5.41) is 7.86. The molecule has 30 heavy (non-hydrogen) atoms. The van der Waals surface area contributed by atoms with E-state index in [0.29, 0.717) is 5.11 Å². The van der Waals surface area contributed by atoms with E-state index in [1.54, 1.807) is 17.4 Å². The maximum atomic E-state index is 12.5. The van der Waals surface area contributed by atoms with Crippen molar-refractivity contribution in [3.05, 3.63) is 28.5 Å². The van der Waals surface area contributed by atoms with Gasteiger partial charge in [0.15, 0.2) is 5.11 Å². The number of hydrogen-bond acceptors (Lipinski definition) is 5. The van der Waals surface area contributed by atoms with Gasteiger partial charge in [0.05, 0.1) is 7.11 Å². The maximum absolute atomic E-state index is 12.5. The van der Waals surface area contributed by atoms with Crippen LogP contribution in [0.1, 0.15) is 38.7 Å². The predicted molar refractivity (Wildman–Crippen MR) is 124 cm³/mol. The number of amides is 1. The minimum absolute atomic E-state index is 0.0842. The molecule has 2 aliphatic heterocycles. The lowest BCUT2D eigenvalue weighted by Crippen LogP contribution is -2.50. The Morgan fingerprint density at radius 3 is 2.47 bits per heavy atom. The van der Waals surface area contributed by atoms with Gasteiger partial charge in [0.2, 0.25) is 5.91 Å². The van der Waals surface area contributed by atoms with Crippen LogP contribution in [0.4, 0.5) is 0 Å².